The van der Waals surface area contributed by atoms with Crippen LogP contribution in [0.5, 0.6) is 5.75 Å². The monoisotopic (exact) mass is 593 g/mol. The molecule has 3 rings (SSSR count). The number of carbonyl (C=O) groups is 2. The van der Waals surface area contributed by atoms with E-state index in [-0.39, 0.29) is 18.5 Å². The van der Waals surface area contributed by atoms with Gasteiger partial charge in [-0.1, -0.05) is 47.3 Å². The van der Waals surface area contributed by atoms with Gasteiger partial charge in [0.25, 0.3) is 0 Å². The van der Waals surface area contributed by atoms with E-state index >= 15 is 0 Å². The average molecular weight is 595 g/mol. The molecule has 0 unspecified atom stereocenters. The third-order valence-electron chi connectivity index (χ3n) is 6.74. The molecule has 8 nitrogen and oxygen atoms in total. The number of rotatable bonds is 10. The van der Waals surface area contributed by atoms with Crippen LogP contribution < -0.4 is 14.4 Å². The van der Waals surface area contributed by atoms with Gasteiger partial charge in [0, 0.05) is 17.1 Å². The van der Waals surface area contributed by atoms with E-state index in [9.17, 15) is 18.0 Å². The van der Waals surface area contributed by atoms with Crippen LogP contribution in [0.1, 0.15) is 50.2 Å². The van der Waals surface area contributed by atoms with Crippen molar-refractivity contribution in [3.8, 4) is 5.75 Å². The fourth-order valence-corrected chi connectivity index (χ4v) is 5.56. The van der Waals surface area contributed by atoms with Crippen molar-refractivity contribution in [3.05, 3.63) is 58.1 Å². The Kier molecular flexibility index (Phi) is 10.0. The Morgan fingerprint density at radius 1 is 1.11 bits per heavy atom. The maximum Gasteiger partial charge on any atom is 0.244 e. The maximum atomic E-state index is 13.7. The van der Waals surface area contributed by atoms with Gasteiger partial charge in [0.1, 0.15) is 18.3 Å². The summed E-state index contributed by atoms with van der Waals surface area (Å²) in [5.74, 6) is -0.0224. The molecular formula is C27H36BrN3O5S. The summed E-state index contributed by atoms with van der Waals surface area (Å²) in [6, 6.07) is 11.7. The molecule has 1 saturated carbocycles. The number of carbonyl (C=O) groups excluding carboxylic acids is 2. The molecule has 10 heteroatoms. The van der Waals surface area contributed by atoms with E-state index in [0.29, 0.717) is 11.4 Å². The lowest BCUT2D eigenvalue weighted by molar-refractivity contribution is -0.139. The predicted octanol–water partition coefficient (Wildman–Crippen LogP) is 4.40. The minimum atomic E-state index is -3.77. The maximum absolute atomic E-state index is 13.7. The lowest BCUT2D eigenvalue weighted by Crippen LogP contribution is -2.52. The molecule has 0 bridgehead atoms. The zero-order valence-electron chi connectivity index (χ0n) is 21.9. The van der Waals surface area contributed by atoms with Crippen molar-refractivity contribution in [2.75, 3.05) is 24.2 Å². The van der Waals surface area contributed by atoms with Crippen LogP contribution in [0.4, 0.5) is 5.69 Å². The summed E-state index contributed by atoms with van der Waals surface area (Å²) in [5.41, 5.74) is 2.03. The smallest absolute Gasteiger partial charge is 0.244 e. The van der Waals surface area contributed by atoms with Crippen LogP contribution in [0.2, 0.25) is 0 Å². The summed E-state index contributed by atoms with van der Waals surface area (Å²) in [6.45, 7) is 3.27. The molecule has 2 aromatic carbocycles. The first kappa shape index (κ1) is 29.0. The summed E-state index contributed by atoms with van der Waals surface area (Å²) in [7, 11) is -2.20. The van der Waals surface area contributed by atoms with E-state index in [0.717, 1.165) is 51.8 Å². The van der Waals surface area contributed by atoms with Crippen molar-refractivity contribution in [2.24, 2.45) is 0 Å². The minimum Gasteiger partial charge on any atom is -0.497 e. The normalized spacial score (nSPS) is 15.1. The number of hydrogen-bond acceptors (Lipinski definition) is 5. The molecule has 1 fully saturated rings. The highest BCUT2D eigenvalue weighted by Gasteiger charge is 2.31. The number of amides is 2. The third-order valence-corrected chi connectivity index (χ3v) is 8.77. The second-order valence-electron chi connectivity index (χ2n) is 9.59. The van der Waals surface area contributed by atoms with Gasteiger partial charge < -0.3 is 15.0 Å². The Morgan fingerprint density at radius 3 is 2.32 bits per heavy atom. The summed E-state index contributed by atoms with van der Waals surface area (Å²) in [5, 5.41) is 3.10. The molecule has 1 atom stereocenters. The first-order valence-corrected chi connectivity index (χ1v) is 15.1. The number of aryl methyl sites for hydroxylation is 1. The van der Waals surface area contributed by atoms with Crippen molar-refractivity contribution >= 4 is 43.5 Å². The zero-order valence-corrected chi connectivity index (χ0v) is 24.3. The number of methoxy groups -OCH3 is 1. The highest BCUT2D eigenvalue weighted by atomic mass is 79.9. The van der Waals surface area contributed by atoms with Crippen LogP contribution in [-0.4, -0.2) is 57.1 Å². The first-order valence-electron chi connectivity index (χ1n) is 12.5. The number of halogens is 1. The summed E-state index contributed by atoms with van der Waals surface area (Å²) in [6.07, 6.45) is 6.24. The van der Waals surface area contributed by atoms with E-state index in [1.807, 2.05) is 19.1 Å². The van der Waals surface area contributed by atoms with Crippen LogP contribution in [0, 0.1) is 6.92 Å². The quantitative estimate of drug-likeness (QED) is 0.440. The van der Waals surface area contributed by atoms with E-state index in [1.165, 1.54) is 11.3 Å². The zero-order chi connectivity index (χ0) is 27.2. The number of sulfonamides is 1. The second-order valence-corrected chi connectivity index (χ2v) is 12.4. The number of nitrogens with one attached hydrogen (secondary N) is 1. The van der Waals surface area contributed by atoms with Crippen molar-refractivity contribution < 1.29 is 22.7 Å². The number of benzene rings is 2. The Labute approximate surface area is 228 Å². The molecular weight excluding hydrogens is 558 g/mol. The summed E-state index contributed by atoms with van der Waals surface area (Å²) >= 11 is 3.43. The molecule has 2 aromatic rings. The molecule has 0 aromatic heterocycles. The van der Waals surface area contributed by atoms with Crippen LogP contribution in [-0.2, 0) is 26.2 Å². The molecule has 37 heavy (non-hydrogen) atoms. The molecule has 0 spiro atoms. The summed E-state index contributed by atoms with van der Waals surface area (Å²) < 4.78 is 32.6. The van der Waals surface area contributed by atoms with Crippen molar-refractivity contribution in [1.82, 2.24) is 10.2 Å². The number of ether oxygens (including phenoxy) is 1. The number of hydrogen-bond donors (Lipinski definition) is 1. The topological polar surface area (TPSA) is 96.0 Å². The number of anilines is 1. The van der Waals surface area contributed by atoms with Crippen LogP contribution in [0.25, 0.3) is 0 Å². The Bertz CT molecular complexity index is 1200. The van der Waals surface area contributed by atoms with Gasteiger partial charge in [0.15, 0.2) is 0 Å². The molecule has 1 aliphatic rings. The number of nitrogens with zero attached hydrogens (tertiary/aromatic N) is 2. The Hall–Kier alpha value is -2.59. The second kappa shape index (κ2) is 12.8. The van der Waals surface area contributed by atoms with Gasteiger partial charge in [-0.25, -0.2) is 8.42 Å². The van der Waals surface area contributed by atoms with Crippen molar-refractivity contribution in [1.29, 1.82) is 0 Å². The Balaban J connectivity index is 1.88. The lowest BCUT2D eigenvalue weighted by Gasteiger charge is -2.33. The molecule has 0 heterocycles. The minimum absolute atomic E-state index is 0.0971. The predicted molar refractivity (Wildman–Crippen MR) is 149 cm³/mol. The molecule has 0 aliphatic heterocycles. The molecule has 0 saturated heterocycles. The van der Waals surface area contributed by atoms with Crippen LogP contribution in [0.15, 0.2) is 46.9 Å². The van der Waals surface area contributed by atoms with E-state index in [4.69, 9.17) is 4.74 Å². The molecule has 2 amide bonds. The van der Waals surface area contributed by atoms with E-state index in [1.54, 1.807) is 44.4 Å². The van der Waals surface area contributed by atoms with Crippen LogP contribution >= 0.6 is 15.9 Å². The van der Waals surface area contributed by atoms with Gasteiger partial charge in [-0.15, -0.1) is 0 Å². The lowest BCUT2D eigenvalue weighted by atomic mass is 9.95. The third kappa shape index (κ3) is 7.95. The van der Waals surface area contributed by atoms with Crippen molar-refractivity contribution in [2.45, 2.75) is 64.6 Å². The fraction of sp³-hybridized carbons (Fsp3) is 0.481. The van der Waals surface area contributed by atoms with Crippen molar-refractivity contribution in [3.63, 3.8) is 0 Å². The highest BCUT2D eigenvalue weighted by Crippen LogP contribution is 2.25. The largest absolute Gasteiger partial charge is 0.497 e. The molecule has 202 valence electrons. The van der Waals surface area contributed by atoms with Gasteiger partial charge >= 0.3 is 0 Å². The highest BCUT2D eigenvalue weighted by molar-refractivity contribution is 9.10. The van der Waals surface area contributed by atoms with Gasteiger partial charge in [-0.3, -0.25) is 13.9 Å². The Morgan fingerprint density at radius 2 is 1.76 bits per heavy atom. The van der Waals surface area contributed by atoms with E-state index in [2.05, 4.69) is 21.2 Å². The first-order chi connectivity index (χ1) is 17.5. The summed E-state index contributed by atoms with van der Waals surface area (Å²) in [4.78, 5) is 28.4. The van der Waals surface area contributed by atoms with Gasteiger partial charge in [-0.05, 0) is 68.1 Å². The molecule has 1 aliphatic carbocycles. The van der Waals surface area contributed by atoms with Gasteiger partial charge in [-0.2, -0.15) is 0 Å². The van der Waals surface area contributed by atoms with Gasteiger partial charge in [0.2, 0.25) is 21.8 Å². The molecule has 0 radical (unpaired) electrons. The fourth-order valence-electron chi connectivity index (χ4n) is 4.48. The van der Waals surface area contributed by atoms with Crippen LogP contribution in [0.3, 0.4) is 0 Å². The average Bonchev–Trinajstić information content (AvgIpc) is 2.87. The molecule has 1 N–H and O–H groups in total. The standard InChI is InChI=1S/C27H36BrN3O5S/c1-19-16-23(12-15-25(19)28)31(37(4,34)35)18-26(32)30(17-21-10-13-24(36-3)14-11-21)20(2)27(33)29-22-8-6-5-7-9-22/h10-16,20,22H,5-9,17-18H2,1-4H3,(H,29,33)/t20-/m0/s1. The van der Waals surface area contributed by atoms with E-state index < -0.39 is 28.5 Å². The SMILES string of the molecule is COc1ccc(CN(C(=O)CN(c2ccc(Br)c(C)c2)S(C)(=O)=O)[C@@H](C)C(=O)NC2CCCCC2)cc1. The van der Waals surface area contributed by atoms with Gasteiger partial charge in [0.05, 0.1) is 19.1 Å².